The lowest BCUT2D eigenvalue weighted by molar-refractivity contribution is -0.128. The summed E-state index contributed by atoms with van der Waals surface area (Å²) in [4.78, 5) is 25.5. The molecule has 0 spiro atoms. The summed E-state index contributed by atoms with van der Waals surface area (Å²) < 4.78 is 0. The first-order valence-electron chi connectivity index (χ1n) is 8.94. The predicted octanol–water partition coefficient (Wildman–Crippen LogP) is 0.892. The molecule has 1 fully saturated rings. The van der Waals surface area contributed by atoms with Gasteiger partial charge in [0, 0.05) is 25.9 Å². The minimum absolute atomic E-state index is 0.0762. The monoisotopic (exact) mass is 354 g/mol. The molecule has 7 heteroatoms. The van der Waals surface area contributed by atoms with Crippen LogP contribution in [0.5, 0.6) is 0 Å². The van der Waals surface area contributed by atoms with E-state index in [-0.39, 0.29) is 18.2 Å². The lowest BCUT2D eigenvalue weighted by Gasteiger charge is -2.20. The third-order valence-electron chi connectivity index (χ3n) is 4.81. The zero-order chi connectivity index (χ0) is 18.5. The van der Waals surface area contributed by atoms with E-state index in [0.717, 1.165) is 22.8 Å². The predicted molar refractivity (Wildman–Crippen MR) is 100 cm³/mol. The van der Waals surface area contributed by atoms with Crippen molar-refractivity contribution in [2.24, 2.45) is 0 Å². The topological polar surface area (TPSA) is 89.9 Å². The number of hydrogen-bond donors (Lipinski definition) is 3. The van der Waals surface area contributed by atoms with Crippen LogP contribution in [-0.2, 0) is 16.0 Å². The SMILES string of the molecule is O=C(CCN1CCCC1=O)NC(Cc1cccc2ccccc12)B(O)O. The van der Waals surface area contributed by atoms with Crippen LogP contribution in [0, 0.1) is 0 Å². The quantitative estimate of drug-likeness (QED) is 0.645. The van der Waals surface area contributed by atoms with E-state index in [0.29, 0.717) is 25.9 Å². The summed E-state index contributed by atoms with van der Waals surface area (Å²) in [6.07, 6.45) is 1.85. The highest BCUT2D eigenvalue weighted by Crippen LogP contribution is 2.20. The Hall–Kier alpha value is -2.38. The normalized spacial score (nSPS) is 15.3. The maximum Gasteiger partial charge on any atom is 0.475 e. The fourth-order valence-electron chi connectivity index (χ4n) is 3.39. The zero-order valence-electron chi connectivity index (χ0n) is 14.6. The van der Waals surface area contributed by atoms with Crippen molar-refractivity contribution in [1.82, 2.24) is 10.2 Å². The molecule has 0 saturated carbocycles. The van der Waals surface area contributed by atoms with E-state index in [1.165, 1.54) is 0 Å². The Kier molecular flexibility index (Phi) is 5.91. The third kappa shape index (κ3) is 4.42. The van der Waals surface area contributed by atoms with Crippen LogP contribution in [0.3, 0.4) is 0 Å². The number of hydrogen-bond acceptors (Lipinski definition) is 4. The molecule has 2 aromatic rings. The Bertz CT molecular complexity index is 791. The molecule has 26 heavy (non-hydrogen) atoms. The van der Waals surface area contributed by atoms with Gasteiger partial charge in [-0.25, -0.2) is 0 Å². The first-order chi connectivity index (χ1) is 12.5. The number of likely N-dealkylation sites (tertiary alicyclic amines) is 1. The van der Waals surface area contributed by atoms with Gasteiger partial charge in [-0.2, -0.15) is 0 Å². The van der Waals surface area contributed by atoms with Crippen LogP contribution >= 0.6 is 0 Å². The van der Waals surface area contributed by atoms with E-state index in [1.807, 2.05) is 42.5 Å². The minimum Gasteiger partial charge on any atom is -0.426 e. The molecule has 1 atom stereocenters. The summed E-state index contributed by atoms with van der Waals surface area (Å²) in [6.45, 7) is 1.06. The number of carbonyl (C=O) groups excluding carboxylic acids is 2. The van der Waals surface area contributed by atoms with Crippen molar-refractivity contribution in [2.75, 3.05) is 13.1 Å². The van der Waals surface area contributed by atoms with Gasteiger partial charge in [0.2, 0.25) is 11.8 Å². The average molecular weight is 354 g/mol. The van der Waals surface area contributed by atoms with Crippen LogP contribution in [0.25, 0.3) is 10.8 Å². The number of nitrogens with zero attached hydrogens (tertiary/aromatic N) is 1. The number of carbonyl (C=O) groups is 2. The van der Waals surface area contributed by atoms with Crippen molar-refractivity contribution in [3.63, 3.8) is 0 Å². The smallest absolute Gasteiger partial charge is 0.426 e. The third-order valence-corrected chi connectivity index (χ3v) is 4.81. The number of benzene rings is 2. The number of rotatable bonds is 7. The van der Waals surface area contributed by atoms with E-state index in [1.54, 1.807) is 4.90 Å². The second-order valence-corrected chi connectivity index (χ2v) is 6.66. The summed E-state index contributed by atoms with van der Waals surface area (Å²) in [5.41, 5.74) is 0.941. The molecule has 2 amide bonds. The first kappa shape index (κ1) is 18.4. The summed E-state index contributed by atoms with van der Waals surface area (Å²) in [5.74, 6) is -1.02. The Morgan fingerprint density at radius 3 is 2.69 bits per heavy atom. The standard InChI is InChI=1S/C19H23BN2O4/c23-18(10-12-22-11-4-9-19(22)24)21-17(20(25)26)13-15-7-3-6-14-5-1-2-8-16(14)15/h1-3,5-8,17,25-26H,4,9-13H2,(H,21,23). The fraction of sp³-hybridized carbons (Fsp3) is 0.368. The molecule has 1 heterocycles. The molecule has 3 rings (SSSR count). The highest BCUT2D eigenvalue weighted by Gasteiger charge is 2.27. The van der Waals surface area contributed by atoms with Gasteiger partial charge in [-0.3, -0.25) is 9.59 Å². The second-order valence-electron chi connectivity index (χ2n) is 6.66. The largest absolute Gasteiger partial charge is 0.475 e. The fourth-order valence-corrected chi connectivity index (χ4v) is 3.39. The van der Waals surface area contributed by atoms with Gasteiger partial charge in [-0.05, 0) is 29.2 Å². The van der Waals surface area contributed by atoms with Crippen LogP contribution in [0.15, 0.2) is 42.5 Å². The zero-order valence-corrected chi connectivity index (χ0v) is 14.6. The van der Waals surface area contributed by atoms with Crippen molar-refractivity contribution in [3.8, 4) is 0 Å². The van der Waals surface area contributed by atoms with Crippen LogP contribution in [-0.4, -0.2) is 52.9 Å². The lowest BCUT2D eigenvalue weighted by atomic mass is 9.75. The van der Waals surface area contributed by atoms with Crippen molar-refractivity contribution in [3.05, 3.63) is 48.0 Å². The van der Waals surface area contributed by atoms with E-state index in [2.05, 4.69) is 5.32 Å². The molecule has 6 nitrogen and oxygen atoms in total. The van der Waals surface area contributed by atoms with Gasteiger partial charge in [0.1, 0.15) is 0 Å². The molecular formula is C19H23BN2O4. The Morgan fingerprint density at radius 2 is 1.96 bits per heavy atom. The molecule has 1 unspecified atom stereocenters. The summed E-state index contributed by atoms with van der Waals surface area (Å²) in [6, 6.07) is 13.7. The van der Waals surface area contributed by atoms with Crippen LogP contribution in [0.4, 0.5) is 0 Å². The van der Waals surface area contributed by atoms with Gasteiger partial charge in [0.15, 0.2) is 0 Å². The van der Waals surface area contributed by atoms with Crippen molar-refractivity contribution in [1.29, 1.82) is 0 Å². The molecule has 2 aromatic carbocycles. The molecule has 1 aliphatic rings. The van der Waals surface area contributed by atoms with Gasteiger partial charge in [0.25, 0.3) is 0 Å². The maximum atomic E-state index is 12.2. The Morgan fingerprint density at radius 1 is 1.19 bits per heavy atom. The highest BCUT2D eigenvalue weighted by molar-refractivity contribution is 6.43. The molecule has 0 aliphatic carbocycles. The molecule has 0 bridgehead atoms. The van der Waals surface area contributed by atoms with Crippen molar-refractivity contribution in [2.45, 2.75) is 31.6 Å². The van der Waals surface area contributed by atoms with Crippen molar-refractivity contribution < 1.29 is 19.6 Å². The Labute approximate surface area is 153 Å². The number of fused-ring (bicyclic) bond motifs is 1. The summed E-state index contributed by atoms with van der Waals surface area (Å²) in [7, 11) is -1.66. The molecule has 0 radical (unpaired) electrons. The highest BCUT2D eigenvalue weighted by atomic mass is 16.4. The van der Waals surface area contributed by atoms with Gasteiger partial charge in [-0.15, -0.1) is 0 Å². The molecular weight excluding hydrogens is 331 g/mol. The molecule has 136 valence electrons. The van der Waals surface area contributed by atoms with Gasteiger partial charge >= 0.3 is 7.12 Å². The Balaban J connectivity index is 1.63. The minimum atomic E-state index is -1.66. The van der Waals surface area contributed by atoms with E-state index in [9.17, 15) is 19.6 Å². The molecule has 3 N–H and O–H groups in total. The van der Waals surface area contributed by atoms with Crippen molar-refractivity contribution >= 4 is 29.7 Å². The first-order valence-corrected chi connectivity index (χ1v) is 8.94. The average Bonchev–Trinajstić information content (AvgIpc) is 3.04. The number of amides is 2. The van der Waals surface area contributed by atoms with E-state index in [4.69, 9.17) is 0 Å². The van der Waals surface area contributed by atoms with Gasteiger partial charge < -0.3 is 20.3 Å². The maximum absolute atomic E-state index is 12.2. The van der Waals surface area contributed by atoms with Crippen LogP contribution in [0.1, 0.15) is 24.8 Å². The molecule has 0 aromatic heterocycles. The van der Waals surface area contributed by atoms with E-state index < -0.39 is 13.1 Å². The molecule has 1 aliphatic heterocycles. The molecule has 1 saturated heterocycles. The van der Waals surface area contributed by atoms with E-state index >= 15 is 0 Å². The summed E-state index contributed by atoms with van der Waals surface area (Å²) >= 11 is 0. The van der Waals surface area contributed by atoms with Crippen LogP contribution in [0.2, 0.25) is 0 Å². The van der Waals surface area contributed by atoms with Gasteiger partial charge in [0.05, 0.1) is 5.94 Å². The second kappa shape index (κ2) is 8.34. The summed E-state index contributed by atoms with van der Waals surface area (Å²) in [5, 5.41) is 24.2. The lowest BCUT2D eigenvalue weighted by Crippen LogP contribution is -2.48. The van der Waals surface area contributed by atoms with Gasteiger partial charge in [-0.1, -0.05) is 42.5 Å². The number of nitrogens with one attached hydrogen (secondary N) is 1. The van der Waals surface area contributed by atoms with Crippen LogP contribution < -0.4 is 5.32 Å².